The molecule has 2 aromatic heterocycles. The van der Waals surface area contributed by atoms with Gasteiger partial charge in [-0.15, -0.1) is 0 Å². The normalized spacial score (nSPS) is 11.4. The minimum Gasteiger partial charge on any atom is -0.369 e. The number of hydrogen-bond donors (Lipinski definition) is 5. The molecule has 5 N–H and O–H groups in total. The van der Waals surface area contributed by atoms with Gasteiger partial charge in [0.2, 0.25) is 15.8 Å². The van der Waals surface area contributed by atoms with Crippen molar-refractivity contribution in [3.05, 3.63) is 47.4 Å². The number of sulfonamides is 1. The maximum absolute atomic E-state index is 15.2. The Bertz CT molecular complexity index is 1330. The number of aromatic amines is 1. The van der Waals surface area contributed by atoms with Gasteiger partial charge < -0.3 is 10.3 Å². The van der Waals surface area contributed by atoms with Crippen LogP contribution in [0.25, 0.3) is 11.0 Å². The summed E-state index contributed by atoms with van der Waals surface area (Å²) in [6.07, 6.45) is 4.60. The van der Waals surface area contributed by atoms with Gasteiger partial charge in [-0.3, -0.25) is 19.9 Å². The van der Waals surface area contributed by atoms with Gasteiger partial charge in [0.05, 0.1) is 34.3 Å². The number of anilines is 2. The molecule has 11 nitrogen and oxygen atoms in total. The maximum Gasteiger partial charge on any atom is 0.232 e. The SMILES string of the molecule is CCCS(=O)(=O)Nc1ccc(F)c(C(=O)c2c[nH]c3ncnc(NCCCN(C=N)NC)c23)c1F. The van der Waals surface area contributed by atoms with Crippen LogP contribution in [0, 0.1) is 17.0 Å². The number of H-pyrrole nitrogens is 1. The Hall–Kier alpha value is -3.65. The molecule has 0 bridgehead atoms. The molecular formula is C21H26F2N8O3S. The number of nitrogens with zero attached hydrogens (tertiary/aromatic N) is 3. The average molecular weight is 509 g/mol. The van der Waals surface area contributed by atoms with E-state index >= 15 is 4.39 Å². The molecule has 188 valence electrons. The highest BCUT2D eigenvalue weighted by molar-refractivity contribution is 7.92. The second-order valence-electron chi connectivity index (χ2n) is 7.51. The number of nitrogens with one attached hydrogen (secondary N) is 5. The number of aromatic nitrogens is 3. The van der Waals surface area contributed by atoms with Gasteiger partial charge >= 0.3 is 0 Å². The number of fused-ring (bicyclic) bond motifs is 1. The first-order valence-electron chi connectivity index (χ1n) is 10.8. The van der Waals surface area contributed by atoms with Crippen molar-refractivity contribution in [1.29, 1.82) is 5.41 Å². The van der Waals surface area contributed by atoms with E-state index in [0.29, 0.717) is 25.9 Å². The number of carbonyl (C=O) groups is 1. The predicted octanol–water partition coefficient (Wildman–Crippen LogP) is 2.46. The molecule has 0 fully saturated rings. The fourth-order valence-electron chi connectivity index (χ4n) is 3.43. The summed E-state index contributed by atoms with van der Waals surface area (Å²) in [5, 5.41) is 12.2. The largest absolute Gasteiger partial charge is 0.369 e. The van der Waals surface area contributed by atoms with Crippen molar-refractivity contribution >= 4 is 44.7 Å². The van der Waals surface area contributed by atoms with Gasteiger partial charge in [-0.1, -0.05) is 6.92 Å². The van der Waals surface area contributed by atoms with E-state index in [-0.39, 0.29) is 28.2 Å². The zero-order valence-electron chi connectivity index (χ0n) is 19.2. The van der Waals surface area contributed by atoms with Gasteiger partial charge in [0.25, 0.3) is 0 Å². The van der Waals surface area contributed by atoms with Crippen molar-refractivity contribution in [2.45, 2.75) is 19.8 Å². The zero-order chi connectivity index (χ0) is 25.6. The Balaban J connectivity index is 1.93. The third-order valence-electron chi connectivity index (χ3n) is 5.08. The second-order valence-corrected chi connectivity index (χ2v) is 9.35. The zero-order valence-corrected chi connectivity index (χ0v) is 20.0. The maximum atomic E-state index is 15.2. The highest BCUT2D eigenvalue weighted by Crippen LogP contribution is 2.29. The first-order chi connectivity index (χ1) is 16.7. The molecule has 0 amide bonds. The fourth-order valence-corrected chi connectivity index (χ4v) is 4.57. The van der Waals surface area contributed by atoms with E-state index in [1.54, 1.807) is 19.0 Å². The van der Waals surface area contributed by atoms with Crippen LogP contribution in [0.1, 0.15) is 35.7 Å². The second kappa shape index (κ2) is 11.2. The Kier molecular flexibility index (Phi) is 8.30. The van der Waals surface area contributed by atoms with E-state index < -0.39 is 38.7 Å². The molecule has 3 rings (SSSR count). The van der Waals surface area contributed by atoms with E-state index in [1.165, 1.54) is 12.5 Å². The number of halogens is 2. The molecule has 1 aromatic carbocycles. The number of benzene rings is 1. The fraction of sp³-hybridized carbons (Fsp3) is 0.333. The Morgan fingerprint density at radius 3 is 2.74 bits per heavy atom. The van der Waals surface area contributed by atoms with Crippen LogP contribution in [0.2, 0.25) is 0 Å². The highest BCUT2D eigenvalue weighted by Gasteiger charge is 2.27. The lowest BCUT2D eigenvalue weighted by Gasteiger charge is -2.17. The van der Waals surface area contributed by atoms with Crippen molar-refractivity contribution in [3.63, 3.8) is 0 Å². The number of carbonyl (C=O) groups excluding carboxylic acids is 1. The molecule has 0 saturated heterocycles. The molecule has 0 radical (unpaired) electrons. The first-order valence-corrected chi connectivity index (χ1v) is 12.4. The van der Waals surface area contributed by atoms with E-state index in [1.807, 2.05) is 0 Å². The minimum atomic E-state index is -3.86. The predicted molar refractivity (Wildman–Crippen MR) is 129 cm³/mol. The van der Waals surface area contributed by atoms with Crippen molar-refractivity contribution < 1.29 is 22.0 Å². The molecule has 35 heavy (non-hydrogen) atoms. The molecule has 2 heterocycles. The van der Waals surface area contributed by atoms with Gasteiger partial charge in [-0.2, -0.15) is 0 Å². The van der Waals surface area contributed by atoms with Crippen LogP contribution in [-0.4, -0.2) is 66.4 Å². The quantitative estimate of drug-likeness (QED) is 0.0775. The molecular weight excluding hydrogens is 482 g/mol. The summed E-state index contributed by atoms with van der Waals surface area (Å²) in [7, 11) is -2.18. The van der Waals surface area contributed by atoms with E-state index in [4.69, 9.17) is 5.41 Å². The monoisotopic (exact) mass is 508 g/mol. The lowest BCUT2D eigenvalue weighted by Crippen LogP contribution is -2.34. The van der Waals surface area contributed by atoms with Crippen molar-refractivity contribution in [1.82, 2.24) is 25.4 Å². The number of hydrazine groups is 1. The van der Waals surface area contributed by atoms with Crippen LogP contribution in [0.5, 0.6) is 0 Å². The minimum absolute atomic E-state index is 0.0780. The van der Waals surface area contributed by atoms with Crippen LogP contribution in [0.3, 0.4) is 0 Å². The number of ketones is 1. The molecule has 0 unspecified atom stereocenters. The summed E-state index contributed by atoms with van der Waals surface area (Å²) >= 11 is 0. The van der Waals surface area contributed by atoms with E-state index in [2.05, 4.69) is 30.4 Å². The molecule has 0 spiro atoms. The lowest BCUT2D eigenvalue weighted by atomic mass is 10.0. The van der Waals surface area contributed by atoms with E-state index in [9.17, 15) is 17.6 Å². The summed E-state index contributed by atoms with van der Waals surface area (Å²) in [6, 6.07) is 1.77. The Morgan fingerprint density at radius 1 is 1.29 bits per heavy atom. The van der Waals surface area contributed by atoms with Crippen LogP contribution in [-0.2, 0) is 10.0 Å². The number of rotatable bonds is 13. The van der Waals surface area contributed by atoms with Gasteiger partial charge in [0.1, 0.15) is 23.6 Å². The summed E-state index contributed by atoms with van der Waals surface area (Å²) in [5.74, 6) is -3.41. The Morgan fingerprint density at radius 2 is 2.06 bits per heavy atom. The van der Waals surface area contributed by atoms with Crippen LogP contribution >= 0.6 is 0 Å². The molecule has 0 aliphatic rings. The highest BCUT2D eigenvalue weighted by atomic mass is 32.2. The summed E-state index contributed by atoms with van der Waals surface area (Å²) in [6.45, 7) is 2.59. The summed E-state index contributed by atoms with van der Waals surface area (Å²) < 4.78 is 56.0. The van der Waals surface area contributed by atoms with Crippen LogP contribution < -0.4 is 15.5 Å². The first kappa shape index (κ1) is 26.0. The van der Waals surface area contributed by atoms with Gasteiger partial charge in [0, 0.05) is 26.3 Å². The molecule has 14 heteroatoms. The molecule has 0 atom stereocenters. The third-order valence-corrected chi connectivity index (χ3v) is 6.56. The topological polar surface area (TPSA) is 156 Å². The molecule has 3 aromatic rings. The van der Waals surface area contributed by atoms with Crippen LogP contribution in [0.4, 0.5) is 20.3 Å². The van der Waals surface area contributed by atoms with Gasteiger partial charge in [-0.05, 0) is 25.0 Å². The molecule has 0 aliphatic heterocycles. The van der Waals surface area contributed by atoms with Crippen molar-refractivity contribution in [3.8, 4) is 0 Å². The lowest BCUT2D eigenvalue weighted by molar-refractivity contribution is 0.103. The summed E-state index contributed by atoms with van der Waals surface area (Å²) in [4.78, 5) is 24.3. The van der Waals surface area contributed by atoms with Crippen molar-refractivity contribution in [2.75, 3.05) is 35.9 Å². The molecule has 0 saturated carbocycles. The Labute approximate surface area is 200 Å². The van der Waals surface area contributed by atoms with E-state index in [0.717, 1.165) is 18.5 Å². The smallest absolute Gasteiger partial charge is 0.232 e. The summed E-state index contributed by atoms with van der Waals surface area (Å²) in [5.41, 5.74) is 1.62. The molecule has 0 aliphatic carbocycles. The third kappa shape index (κ3) is 5.89. The average Bonchev–Trinajstić information content (AvgIpc) is 3.26. The van der Waals surface area contributed by atoms with Gasteiger partial charge in [-0.25, -0.2) is 32.6 Å². The number of hydrogen-bond acceptors (Lipinski definition) is 8. The van der Waals surface area contributed by atoms with Crippen molar-refractivity contribution in [2.24, 2.45) is 0 Å². The standard InChI is InChI=1S/C21H26F2N8O3S/c1-3-9-35(33,34)30-15-6-5-14(22)17(18(15)23)19(32)13-10-27-21-16(13)20(28-12-29-21)26-7-4-8-31(11-24)25-2/h5-6,10-12,24-25,30H,3-4,7-9H2,1-2H3,(H2,26,27,28,29). The van der Waals surface area contributed by atoms with Gasteiger partial charge in [0.15, 0.2) is 5.82 Å². The van der Waals surface area contributed by atoms with Crippen LogP contribution in [0.15, 0.2) is 24.7 Å².